The number of rotatable bonds is 2. The summed E-state index contributed by atoms with van der Waals surface area (Å²) in [6.45, 7) is 0. The summed E-state index contributed by atoms with van der Waals surface area (Å²) in [5.74, 6) is 0.116. The highest BCUT2D eigenvalue weighted by molar-refractivity contribution is 7.78. The molecule has 0 aliphatic heterocycles. The van der Waals surface area contributed by atoms with Crippen molar-refractivity contribution in [1.29, 1.82) is 0 Å². The molecule has 0 unspecified atom stereocenters. The van der Waals surface area contributed by atoms with E-state index in [4.69, 9.17) is 4.74 Å². The zero-order valence-electron chi connectivity index (χ0n) is 7.63. The molecule has 0 radical (unpaired) electrons. The molecule has 0 saturated heterocycles. The molecule has 1 aromatic rings. The first kappa shape index (κ1) is 11.7. The van der Waals surface area contributed by atoms with E-state index in [-0.39, 0.29) is 11.4 Å². The summed E-state index contributed by atoms with van der Waals surface area (Å²) in [6.07, 6.45) is -4.49. The van der Waals surface area contributed by atoms with E-state index in [1.807, 2.05) is 5.16 Å². The fourth-order valence-electron chi connectivity index (χ4n) is 1.02. The Labute approximate surface area is 89.4 Å². The van der Waals surface area contributed by atoms with Crippen molar-refractivity contribution in [3.63, 3.8) is 0 Å². The van der Waals surface area contributed by atoms with E-state index in [0.717, 1.165) is 6.07 Å². The van der Waals surface area contributed by atoms with Crippen molar-refractivity contribution in [3.8, 4) is 5.75 Å². The number of methoxy groups -OCH3 is 1. The molecule has 6 heteroatoms. The lowest BCUT2D eigenvalue weighted by molar-refractivity contribution is -0.137. The highest BCUT2D eigenvalue weighted by atomic mass is 32.1. The molecule has 15 heavy (non-hydrogen) atoms. The van der Waals surface area contributed by atoms with Crippen LogP contribution in [0.4, 0.5) is 18.9 Å². The van der Waals surface area contributed by atoms with Crippen LogP contribution in [0.5, 0.6) is 5.75 Å². The van der Waals surface area contributed by atoms with E-state index in [1.54, 1.807) is 0 Å². The van der Waals surface area contributed by atoms with Gasteiger partial charge in [-0.05, 0) is 30.4 Å². The van der Waals surface area contributed by atoms with Crippen molar-refractivity contribution >= 4 is 23.1 Å². The minimum atomic E-state index is -4.49. The molecule has 0 spiro atoms. The van der Waals surface area contributed by atoms with Gasteiger partial charge in [-0.3, -0.25) is 0 Å². The number of nitrogens with zero attached hydrogens (tertiary/aromatic N) is 1. The van der Waals surface area contributed by atoms with Crippen LogP contribution in [-0.4, -0.2) is 12.3 Å². The van der Waals surface area contributed by atoms with Gasteiger partial charge in [-0.1, -0.05) is 0 Å². The van der Waals surface area contributed by atoms with Crippen LogP contribution in [-0.2, 0) is 6.18 Å². The molecule has 0 amide bonds. The molecule has 0 aliphatic carbocycles. The van der Waals surface area contributed by atoms with Crippen LogP contribution in [0, 0.1) is 0 Å². The van der Waals surface area contributed by atoms with E-state index in [2.05, 4.69) is 17.2 Å². The van der Waals surface area contributed by atoms with Gasteiger partial charge in [0.25, 0.3) is 0 Å². The summed E-state index contributed by atoms with van der Waals surface area (Å²) >= 11 is 4.26. The minimum Gasteiger partial charge on any atom is -0.497 e. The lowest BCUT2D eigenvalue weighted by atomic mass is 10.1. The van der Waals surface area contributed by atoms with E-state index >= 15 is 0 Å². The number of thiocarbonyl (C=S) groups is 1. The van der Waals surface area contributed by atoms with Crippen LogP contribution in [0.15, 0.2) is 23.2 Å². The van der Waals surface area contributed by atoms with E-state index in [0.29, 0.717) is 0 Å². The number of hydrogen-bond donors (Lipinski definition) is 0. The lowest BCUT2D eigenvalue weighted by Gasteiger charge is -2.10. The Balaban J connectivity index is 3.35. The first-order valence-electron chi connectivity index (χ1n) is 3.82. The summed E-state index contributed by atoms with van der Waals surface area (Å²) in [4.78, 5) is 3.34. The number of hydrogen-bond acceptors (Lipinski definition) is 3. The standard InChI is InChI=1S/C9H6F3NOS/c1-14-6-2-3-8(13-5-15)7(4-6)9(10,11)12/h2-4H,1H3. The van der Waals surface area contributed by atoms with Crippen LogP contribution >= 0.6 is 12.2 Å². The van der Waals surface area contributed by atoms with E-state index in [1.165, 1.54) is 19.2 Å². The molecule has 80 valence electrons. The van der Waals surface area contributed by atoms with Crippen molar-refractivity contribution in [3.05, 3.63) is 23.8 Å². The van der Waals surface area contributed by atoms with Crippen LogP contribution in [0.2, 0.25) is 0 Å². The molecule has 0 bridgehead atoms. The molecule has 0 saturated carbocycles. The number of halogens is 3. The van der Waals surface area contributed by atoms with Gasteiger partial charge in [-0.2, -0.15) is 18.2 Å². The summed E-state index contributed by atoms with van der Waals surface area (Å²) in [6, 6.07) is 3.42. The molecular weight excluding hydrogens is 227 g/mol. The Morgan fingerprint density at radius 1 is 1.40 bits per heavy atom. The fourth-order valence-corrected chi connectivity index (χ4v) is 1.11. The van der Waals surface area contributed by atoms with Gasteiger partial charge < -0.3 is 4.74 Å². The smallest absolute Gasteiger partial charge is 0.418 e. The summed E-state index contributed by atoms with van der Waals surface area (Å²) < 4.78 is 42.2. The van der Waals surface area contributed by atoms with E-state index < -0.39 is 11.7 Å². The predicted molar refractivity (Wildman–Crippen MR) is 52.7 cm³/mol. The SMILES string of the molecule is COc1ccc(N=C=S)c(C(F)(F)F)c1. The van der Waals surface area contributed by atoms with Crippen molar-refractivity contribution in [2.75, 3.05) is 7.11 Å². The molecule has 0 aliphatic rings. The van der Waals surface area contributed by atoms with Gasteiger partial charge >= 0.3 is 6.18 Å². The minimum absolute atomic E-state index is 0.116. The normalized spacial score (nSPS) is 10.7. The molecule has 0 heterocycles. The van der Waals surface area contributed by atoms with Gasteiger partial charge in [-0.15, -0.1) is 0 Å². The zero-order valence-corrected chi connectivity index (χ0v) is 8.45. The molecular formula is C9H6F3NOS. The Bertz CT molecular complexity index is 410. The fraction of sp³-hybridized carbons (Fsp3) is 0.222. The van der Waals surface area contributed by atoms with Gasteiger partial charge in [0, 0.05) is 0 Å². The number of alkyl halides is 3. The maximum absolute atomic E-state index is 12.5. The summed E-state index contributed by atoms with van der Waals surface area (Å²) in [5, 5.41) is 1.90. The predicted octanol–water partition coefficient (Wildman–Crippen LogP) is 3.45. The molecule has 0 aromatic heterocycles. The average molecular weight is 233 g/mol. The number of benzene rings is 1. The molecule has 1 rings (SSSR count). The van der Waals surface area contributed by atoms with Crippen molar-refractivity contribution in [1.82, 2.24) is 0 Å². The second-order valence-corrected chi connectivity index (χ2v) is 2.77. The van der Waals surface area contributed by atoms with Gasteiger partial charge in [0.2, 0.25) is 0 Å². The molecule has 0 fully saturated rings. The van der Waals surface area contributed by atoms with E-state index in [9.17, 15) is 13.2 Å². The monoisotopic (exact) mass is 233 g/mol. The Hall–Kier alpha value is -1.39. The third kappa shape index (κ3) is 2.78. The Kier molecular flexibility index (Phi) is 3.44. The van der Waals surface area contributed by atoms with Gasteiger partial charge in [0.05, 0.1) is 23.5 Å². The Morgan fingerprint density at radius 3 is 2.53 bits per heavy atom. The first-order chi connectivity index (χ1) is 6.99. The topological polar surface area (TPSA) is 21.6 Å². The third-order valence-corrected chi connectivity index (χ3v) is 1.77. The average Bonchev–Trinajstić information content (AvgIpc) is 2.17. The second kappa shape index (κ2) is 4.42. The summed E-state index contributed by atoms with van der Waals surface area (Å²) in [5.41, 5.74) is -1.16. The zero-order chi connectivity index (χ0) is 11.5. The van der Waals surface area contributed by atoms with Crippen LogP contribution in [0.25, 0.3) is 0 Å². The maximum atomic E-state index is 12.5. The lowest BCUT2D eigenvalue weighted by Crippen LogP contribution is -2.05. The van der Waals surface area contributed by atoms with Gasteiger partial charge in [0.15, 0.2) is 0 Å². The van der Waals surface area contributed by atoms with Crippen LogP contribution in [0.3, 0.4) is 0 Å². The maximum Gasteiger partial charge on any atom is 0.418 e. The molecule has 0 atom stereocenters. The molecule has 1 aromatic carbocycles. The third-order valence-electron chi connectivity index (χ3n) is 1.68. The highest BCUT2D eigenvalue weighted by Gasteiger charge is 2.34. The number of aliphatic imine (C=N–C) groups is 1. The van der Waals surface area contributed by atoms with Crippen molar-refractivity contribution in [2.45, 2.75) is 6.18 Å². The molecule has 0 N–H and O–H groups in total. The quantitative estimate of drug-likeness (QED) is 0.576. The van der Waals surface area contributed by atoms with Gasteiger partial charge in [0.1, 0.15) is 5.75 Å². The van der Waals surface area contributed by atoms with Crippen LogP contribution in [0.1, 0.15) is 5.56 Å². The molecule has 2 nitrogen and oxygen atoms in total. The summed E-state index contributed by atoms with van der Waals surface area (Å²) in [7, 11) is 1.29. The van der Waals surface area contributed by atoms with Gasteiger partial charge in [-0.25, -0.2) is 0 Å². The van der Waals surface area contributed by atoms with Crippen LogP contribution < -0.4 is 4.74 Å². The largest absolute Gasteiger partial charge is 0.497 e. The van der Waals surface area contributed by atoms with Crippen molar-refractivity contribution in [2.24, 2.45) is 4.99 Å². The Morgan fingerprint density at radius 2 is 2.07 bits per heavy atom. The number of ether oxygens (including phenoxy) is 1. The second-order valence-electron chi connectivity index (χ2n) is 2.58. The number of isothiocyanates is 1. The first-order valence-corrected chi connectivity index (χ1v) is 4.23. The highest BCUT2D eigenvalue weighted by Crippen LogP contribution is 2.38. The van der Waals surface area contributed by atoms with Crippen molar-refractivity contribution < 1.29 is 17.9 Å².